The minimum atomic E-state index is 0.0191. The summed E-state index contributed by atoms with van der Waals surface area (Å²) in [6.45, 7) is 3.66. The van der Waals surface area contributed by atoms with Crippen LogP contribution in [0.1, 0.15) is 18.4 Å². The van der Waals surface area contributed by atoms with Crippen molar-refractivity contribution < 1.29 is 9.59 Å². The standard InChI is InChI=1S/C19H30N4O2/c1-21(2)19(25)23-12-9-17(10-13-23)18(24)20-11-14-22(3)15-16-7-5-4-6-8-16/h4-8,17H,9-15H2,1-3H3,(H,20,24). The fourth-order valence-electron chi connectivity index (χ4n) is 3.10. The molecule has 0 unspecified atom stereocenters. The molecule has 0 aliphatic carbocycles. The van der Waals surface area contributed by atoms with Crippen molar-refractivity contribution in [3.8, 4) is 0 Å². The van der Waals surface area contributed by atoms with Crippen LogP contribution in [0.3, 0.4) is 0 Å². The van der Waals surface area contributed by atoms with E-state index in [1.165, 1.54) is 5.56 Å². The molecule has 0 bridgehead atoms. The van der Waals surface area contributed by atoms with Crippen molar-refractivity contribution in [2.24, 2.45) is 5.92 Å². The van der Waals surface area contributed by atoms with Gasteiger partial charge in [-0.2, -0.15) is 0 Å². The number of carbonyl (C=O) groups is 2. The average molecular weight is 346 g/mol. The molecule has 25 heavy (non-hydrogen) atoms. The van der Waals surface area contributed by atoms with Gasteiger partial charge in [-0.05, 0) is 25.5 Å². The molecule has 1 aromatic carbocycles. The first-order valence-electron chi connectivity index (χ1n) is 8.93. The first-order valence-corrected chi connectivity index (χ1v) is 8.93. The molecule has 138 valence electrons. The molecule has 1 N–H and O–H groups in total. The Kier molecular flexibility index (Phi) is 7.25. The number of benzene rings is 1. The Morgan fingerprint density at radius 3 is 2.36 bits per heavy atom. The third kappa shape index (κ3) is 6.05. The lowest BCUT2D eigenvalue weighted by atomic mass is 9.96. The molecular formula is C19H30N4O2. The average Bonchev–Trinajstić information content (AvgIpc) is 2.62. The molecule has 6 nitrogen and oxygen atoms in total. The summed E-state index contributed by atoms with van der Waals surface area (Å²) in [6, 6.07) is 10.3. The minimum absolute atomic E-state index is 0.0191. The van der Waals surface area contributed by atoms with Crippen LogP contribution in [0.15, 0.2) is 30.3 Å². The molecule has 1 fully saturated rings. The van der Waals surface area contributed by atoms with Crippen LogP contribution in [-0.4, -0.2) is 74.0 Å². The summed E-state index contributed by atoms with van der Waals surface area (Å²) in [6.07, 6.45) is 1.48. The molecule has 0 aromatic heterocycles. The number of likely N-dealkylation sites (N-methyl/N-ethyl adjacent to an activating group) is 1. The van der Waals surface area contributed by atoms with Crippen molar-refractivity contribution in [3.05, 3.63) is 35.9 Å². The largest absolute Gasteiger partial charge is 0.355 e. The van der Waals surface area contributed by atoms with Crippen molar-refractivity contribution in [1.29, 1.82) is 0 Å². The van der Waals surface area contributed by atoms with Gasteiger partial charge in [0.1, 0.15) is 0 Å². The lowest BCUT2D eigenvalue weighted by molar-refractivity contribution is -0.126. The molecule has 3 amide bonds. The highest BCUT2D eigenvalue weighted by atomic mass is 16.2. The highest BCUT2D eigenvalue weighted by Crippen LogP contribution is 2.18. The summed E-state index contributed by atoms with van der Waals surface area (Å²) in [5.74, 6) is 0.135. The van der Waals surface area contributed by atoms with Gasteiger partial charge in [0.15, 0.2) is 0 Å². The highest BCUT2D eigenvalue weighted by Gasteiger charge is 2.27. The van der Waals surface area contributed by atoms with E-state index in [0.717, 1.165) is 25.9 Å². The van der Waals surface area contributed by atoms with E-state index < -0.39 is 0 Å². The van der Waals surface area contributed by atoms with E-state index in [1.54, 1.807) is 19.0 Å². The Hall–Kier alpha value is -2.08. The van der Waals surface area contributed by atoms with Gasteiger partial charge < -0.3 is 20.0 Å². The lowest BCUT2D eigenvalue weighted by Crippen LogP contribution is -2.47. The molecule has 1 aliphatic rings. The number of likely N-dealkylation sites (tertiary alicyclic amines) is 1. The topological polar surface area (TPSA) is 55.9 Å². The maximum Gasteiger partial charge on any atom is 0.319 e. The number of hydrogen-bond donors (Lipinski definition) is 1. The number of amides is 3. The van der Waals surface area contributed by atoms with Crippen LogP contribution >= 0.6 is 0 Å². The van der Waals surface area contributed by atoms with Gasteiger partial charge in [-0.1, -0.05) is 30.3 Å². The van der Waals surface area contributed by atoms with E-state index in [4.69, 9.17) is 0 Å². The van der Waals surface area contributed by atoms with Gasteiger partial charge in [-0.25, -0.2) is 4.79 Å². The maximum atomic E-state index is 12.3. The quantitative estimate of drug-likeness (QED) is 0.852. The monoisotopic (exact) mass is 346 g/mol. The van der Waals surface area contributed by atoms with Crippen molar-refractivity contribution in [1.82, 2.24) is 20.0 Å². The van der Waals surface area contributed by atoms with E-state index in [-0.39, 0.29) is 17.9 Å². The third-order valence-corrected chi connectivity index (χ3v) is 4.61. The minimum Gasteiger partial charge on any atom is -0.355 e. The first kappa shape index (κ1) is 19.2. The Labute approximate surface area is 150 Å². The van der Waals surface area contributed by atoms with Crippen molar-refractivity contribution in [2.75, 3.05) is 47.3 Å². The van der Waals surface area contributed by atoms with E-state index in [2.05, 4.69) is 29.4 Å². The molecule has 1 aliphatic heterocycles. The van der Waals surface area contributed by atoms with Gasteiger partial charge >= 0.3 is 6.03 Å². The zero-order chi connectivity index (χ0) is 18.2. The second-order valence-corrected chi connectivity index (χ2v) is 6.95. The van der Waals surface area contributed by atoms with Crippen LogP contribution in [0.25, 0.3) is 0 Å². The molecule has 0 spiro atoms. The van der Waals surface area contributed by atoms with Crippen LogP contribution in [0, 0.1) is 5.92 Å². The number of carbonyl (C=O) groups excluding carboxylic acids is 2. The van der Waals surface area contributed by atoms with Crippen molar-refractivity contribution in [2.45, 2.75) is 19.4 Å². The van der Waals surface area contributed by atoms with E-state index in [9.17, 15) is 9.59 Å². The number of rotatable bonds is 6. The Morgan fingerprint density at radius 2 is 1.76 bits per heavy atom. The Balaban J connectivity index is 1.65. The van der Waals surface area contributed by atoms with Gasteiger partial charge in [0.25, 0.3) is 0 Å². The summed E-state index contributed by atoms with van der Waals surface area (Å²) in [5, 5.41) is 3.04. The Morgan fingerprint density at radius 1 is 1.12 bits per heavy atom. The molecular weight excluding hydrogens is 316 g/mol. The van der Waals surface area contributed by atoms with Gasteiger partial charge in [0.05, 0.1) is 0 Å². The molecule has 0 saturated carbocycles. The van der Waals surface area contributed by atoms with Gasteiger partial charge in [-0.3, -0.25) is 4.79 Å². The molecule has 1 aromatic rings. The normalized spacial score (nSPS) is 15.3. The summed E-state index contributed by atoms with van der Waals surface area (Å²) < 4.78 is 0. The van der Waals surface area contributed by atoms with E-state index in [0.29, 0.717) is 19.6 Å². The zero-order valence-electron chi connectivity index (χ0n) is 15.6. The van der Waals surface area contributed by atoms with Crippen LogP contribution < -0.4 is 5.32 Å². The fraction of sp³-hybridized carbons (Fsp3) is 0.579. The SMILES string of the molecule is CN(CCNC(=O)C1CCN(C(=O)N(C)C)CC1)Cc1ccccc1. The summed E-state index contributed by atoms with van der Waals surface area (Å²) >= 11 is 0. The number of hydrogen-bond acceptors (Lipinski definition) is 3. The van der Waals surface area contributed by atoms with E-state index in [1.807, 2.05) is 23.1 Å². The number of urea groups is 1. The maximum absolute atomic E-state index is 12.3. The van der Waals surface area contributed by atoms with Crippen LogP contribution in [0.4, 0.5) is 4.79 Å². The zero-order valence-corrected chi connectivity index (χ0v) is 15.6. The predicted octanol–water partition coefficient (Wildman–Crippen LogP) is 1.63. The lowest BCUT2D eigenvalue weighted by Gasteiger charge is -2.33. The predicted molar refractivity (Wildman–Crippen MR) is 99.2 cm³/mol. The number of piperidine rings is 1. The summed E-state index contributed by atoms with van der Waals surface area (Å²) in [7, 11) is 5.57. The van der Waals surface area contributed by atoms with Gasteiger partial charge in [-0.15, -0.1) is 0 Å². The number of nitrogens with zero attached hydrogens (tertiary/aromatic N) is 3. The molecule has 0 radical (unpaired) electrons. The number of nitrogens with one attached hydrogen (secondary N) is 1. The van der Waals surface area contributed by atoms with Crippen molar-refractivity contribution >= 4 is 11.9 Å². The van der Waals surface area contributed by atoms with Crippen molar-refractivity contribution in [3.63, 3.8) is 0 Å². The van der Waals surface area contributed by atoms with Gasteiger partial charge in [0, 0.05) is 52.7 Å². The molecule has 6 heteroatoms. The molecule has 1 heterocycles. The molecule has 1 saturated heterocycles. The highest BCUT2D eigenvalue weighted by molar-refractivity contribution is 5.79. The van der Waals surface area contributed by atoms with Crippen LogP contribution in [0.5, 0.6) is 0 Å². The smallest absolute Gasteiger partial charge is 0.319 e. The second kappa shape index (κ2) is 9.42. The second-order valence-electron chi connectivity index (χ2n) is 6.95. The fourth-order valence-corrected chi connectivity index (χ4v) is 3.10. The van der Waals surface area contributed by atoms with E-state index >= 15 is 0 Å². The summed E-state index contributed by atoms with van der Waals surface area (Å²) in [5.41, 5.74) is 1.27. The molecule has 0 atom stereocenters. The third-order valence-electron chi connectivity index (χ3n) is 4.61. The summed E-state index contributed by atoms with van der Waals surface area (Å²) in [4.78, 5) is 29.8. The Bertz CT molecular complexity index is 554. The van der Waals surface area contributed by atoms with Crippen LogP contribution in [-0.2, 0) is 11.3 Å². The van der Waals surface area contributed by atoms with Crippen LogP contribution in [0.2, 0.25) is 0 Å². The molecule has 2 rings (SSSR count). The first-order chi connectivity index (χ1) is 12.0. The van der Waals surface area contributed by atoms with Gasteiger partial charge in [0.2, 0.25) is 5.91 Å².